The number of rotatable bonds is 5. The van der Waals surface area contributed by atoms with Gasteiger partial charge in [0.2, 0.25) is 0 Å². The van der Waals surface area contributed by atoms with Crippen LogP contribution in [0.5, 0.6) is 5.75 Å². The molecular weight excluding hydrogens is 508 g/mol. The van der Waals surface area contributed by atoms with Crippen LogP contribution in [0.3, 0.4) is 0 Å². The third-order valence-electron chi connectivity index (χ3n) is 6.22. The Morgan fingerprint density at radius 3 is 2.39 bits per heavy atom. The molecule has 6 nitrogen and oxygen atoms in total. The predicted molar refractivity (Wildman–Crippen MR) is 127 cm³/mol. The Balaban J connectivity index is 1.32. The van der Waals surface area contributed by atoms with Crippen LogP contribution >= 0.6 is 27.5 Å². The summed E-state index contributed by atoms with van der Waals surface area (Å²) in [7, 11) is 0. The number of halogens is 2. The molecule has 1 aliphatic heterocycles. The van der Waals surface area contributed by atoms with Gasteiger partial charge in [0.05, 0.1) is 18.1 Å². The maximum Gasteiger partial charge on any atom is 0.336 e. The molecule has 166 valence electrons. The molecule has 0 N–H and O–H groups in total. The van der Waals surface area contributed by atoms with E-state index in [4.69, 9.17) is 16.3 Å². The molecule has 2 aromatic rings. The summed E-state index contributed by atoms with van der Waals surface area (Å²) in [6.45, 7) is 0. The molecule has 3 aliphatic rings. The number of imide groups is 1. The van der Waals surface area contributed by atoms with E-state index in [1.165, 1.54) is 12.3 Å². The van der Waals surface area contributed by atoms with Gasteiger partial charge in [0.25, 0.3) is 11.8 Å². The molecule has 4 atom stereocenters. The van der Waals surface area contributed by atoms with Crippen molar-refractivity contribution < 1.29 is 19.1 Å². The number of ether oxygens (including phenoxy) is 1. The Hall–Kier alpha value is -3.03. The lowest BCUT2D eigenvalue weighted by atomic mass is 9.85. The van der Waals surface area contributed by atoms with E-state index in [0.717, 1.165) is 21.5 Å². The minimum absolute atomic E-state index is 0.117. The summed E-state index contributed by atoms with van der Waals surface area (Å²) < 4.78 is 6.21. The van der Waals surface area contributed by atoms with E-state index < -0.39 is 5.97 Å². The Kier molecular flexibility index (Phi) is 5.76. The molecule has 0 unspecified atom stereocenters. The fourth-order valence-electron chi connectivity index (χ4n) is 4.71. The number of carbonyl (C=O) groups is 3. The van der Waals surface area contributed by atoms with E-state index in [1.807, 2.05) is 12.2 Å². The molecule has 2 fully saturated rings. The fraction of sp³-hybridized carbons (Fsp3) is 0.200. The van der Waals surface area contributed by atoms with Crippen LogP contribution in [-0.4, -0.2) is 29.0 Å². The van der Waals surface area contributed by atoms with Crippen molar-refractivity contribution in [2.75, 3.05) is 0 Å². The molecule has 2 bridgehead atoms. The summed E-state index contributed by atoms with van der Waals surface area (Å²) in [6.07, 6.45) is 9.24. The number of allylic oxidation sites excluding steroid dienone is 2. The average molecular weight is 526 g/mol. The number of esters is 1. The zero-order valence-electron chi connectivity index (χ0n) is 17.2. The molecule has 0 aromatic heterocycles. The molecule has 33 heavy (non-hydrogen) atoms. The third-order valence-corrected chi connectivity index (χ3v) is 6.97. The third kappa shape index (κ3) is 4.18. The quantitative estimate of drug-likeness (QED) is 0.139. The first-order valence-corrected chi connectivity index (χ1v) is 11.6. The first-order chi connectivity index (χ1) is 15.9. The van der Waals surface area contributed by atoms with Gasteiger partial charge in [-0.3, -0.25) is 9.59 Å². The first-order valence-electron chi connectivity index (χ1n) is 10.5. The fourth-order valence-corrected chi connectivity index (χ4v) is 5.22. The van der Waals surface area contributed by atoms with Crippen LogP contribution in [0, 0.1) is 23.7 Å². The van der Waals surface area contributed by atoms with Gasteiger partial charge in [0.1, 0.15) is 5.75 Å². The van der Waals surface area contributed by atoms with E-state index in [-0.39, 0.29) is 41.2 Å². The van der Waals surface area contributed by atoms with E-state index in [1.54, 1.807) is 48.5 Å². The summed E-state index contributed by atoms with van der Waals surface area (Å²) in [5.74, 6) is -1.25. The Morgan fingerprint density at radius 2 is 1.73 bits per heavy atom. The summed E-state index contributed by atoms with van der Waals surface area (Å²) in [5, 5.41) is 5.76. The molecule has 1 heterocycles. The van der Waals surface area contributed by atoms with Crippen LogP contribution in [-0.2, 0) is 14.4 Å². The van der Waals surface area contributed by atoms with Gasteiger partial charge in [-0.15, -0.1) is 0 Å². The molecule has 8 heteroatoms. The number of benzene rings is 2. The molecule has 2 amide bonds. The second-order valence-corrected chi connectivity index (χ2v) is 9.57. The normalized spacial score (nSPS) is 25.6. The number of amides is 2. The summed E-state index contributed by atoms with van der Waals surface area (Å²) in [4.78, 5) is 38.0. The second kappa shape index (κ2) is 8.72. The van der Waals surface area contributed by atoms with E-state index in [0.29, 0.717) is 10.6 Å². The van der Waals surface area contributed by atoms with Crippen LogP contribution in [0.2, 0.25) is 5.02 Å². The van der Waals surface area contributed by atoms with Gasteiger partial charge in [-0.2, -0.15) is 10.1 Å². The first kappa shape index (κ1) is 21.8. The number of nitrogens with zero attached hydrogens (tertiary/aromatic N) is 2. The zero-order valence-corrected chi connectivity index (χ0v) is 19.6. The molecular formula is C25H18BrClN2O4. The van der Waals surface area contributed by atoms with Crippen molar-refractivity contribution in [1.82, 2.24) is 5.01 Å². The van der Waals surface area contributed by atoms with Gasteiger partial charge >= 0.3 is 5.97 Å². The smallest absolute Gasteiger partial charge is 0.336 e. The van der Waals surface area contributed by atoms with Crippen molar-refractivity contribution in [3.8, 4) is 5.75 Å². The predicted octanol–water partition coefficient (Wildman–Crippen LogP) is 4.86. The highest BCUT2D eigenvalue weighted by Crippen LogP contribution is 2.52. The van der Waals surface area contributed by atoms with Crippen molar-refractivity contribution in [1.29, 1.82) is 0 Å². The lowest BCUT2D eigenvalue weighted by Gasteiger charge is -2.13. The monoisotopic (exact) mass is 524 g/mol. The topological polar surface area (TPSA) is 76.0 Å². The largest absolute Gasteiger partial charge is 0.423 e. The lowest BCUT2D eigenvalue weighted by molar-refractivity contribution is -0.140. The van der Waals surface area contributed by atoms with E-state index in [2.05, 4.69) is 21.0 Å². The van der Waals surface area contributed by atoms with Crippen molar-refractivity contribution in [2.45, 2.75) is 6.42 Å². The van der Waals surface area contributed by atoms with Gasteiger partial charge in [0.15, 0.2) is 0 Å². The van der Waals surface area contributed by atoms with E-state index >= 15 is 0 Å². The lowest BCUT2D eigenvalue weighted by Crippen LogP contribution is -2.28. The van der Waals surface area contributed by atoms with Crippen LogP contribution < -0.4 is 4.74 Å². The number of hydrazone groups is 1. The number of carbonyl (C=O) groups excluding carboxylic acids is 3. The van der Waals surface area contributed by atoms with Gasteiger partial charge in [-0.1, -0.05) is 51.8 Å². The second-order valence-electron chi connectivity index (χ2n) is 8.22. The van der Waals surface area contributed by atoms with E-state index in [9.17, 15) is 14.4 Å². The van der Waals surface area contributed by atoms with Crippen LogP contribution in [0.25, 0.3) is 6.08 Å². The summed E-state index contributed by atoms with van der Waals surface area (Å²) in [5.41, 5.74) is 1.25. The summed E-state index contributed by atoms with van der Waals surface area (Å²) >= 11 is 9.26. The number of fused-ring (bicyclic) bond motifs is 5. The van der Waals surface area contributed by atoms with Crippen molar-refractivity contribution in [2.24, 2.45) is 28.8 Å². The van der Waals surface area contributed by atoms with Gasteiger partial charge < -0.3 is 4.74 Å². The molecule has 5 rings (SSSR count). The van der Waals surface area contributed by atoms with Crippen molar-refractivity contribution in [3.05, 3.63) is 81.3 Å². The highest BCUT2D eigenvalue weighted by molar-refractivity contribution is 9.10. The highest BCUT2D eigenvalue weighted by Gasteiger charge is 2.59. The standard InChI is InChI=1S/C25H18BrClN2O4/c26-18-6-9-20(33-21(30)10-3-14-1-7-19(27)8-2-14)17(12-18)13-28-29-24(31)22-15-4-5-16(11-15)23(22)25(29)32/h1-10,12-13,15-16,22-23H,11H2/b10-3+,28-13?/t15-,16-,22-,23+/m0/s1. The minimum Gasteiger partial charge on any atom is -0.423 e. The molecule has 0 spiro atoms. The number of hydrogen-bond acceptors (Lipinski definition) is 5. The molecule has 0 radical (unpaired) electrons. The minimum atomic E-state index is -0.576. The van der Waals surface area contributed by atoms with Crippen LogP contribution in [0.15, 0.2) is 70.3 Å². The maximum atomic E-state index is 12.8. The number of hydrogen-bond donors (Lipinski definition) is 0. The zero-order chi connectivity index (χ0) is 23.1. The Bertz CT molecular complexity index is 1210. The van der Waals surface area contributed by atoms with Gasteiger partial charge in [-0.25, -0.2) is 4.79 Å². The Morgan fingerprint density at radius 1 is 1.06 bits per heavy atom. The van der Waals surface area contributed by atoms with Crippen LogP contribution in [0.1, 0.15) is 17.5 Å². The SMILES string of the molecule is O=C(/C=C/c1ccc(Cl)cc1)Oc1ccc(Br)cc1C=NN1C(=O)[C@@H]2[C@H](C1=O)[C@H]1C=C[C@H]2C1. The van der Waals surface area contributed by atoms with Crippen LogP contribution in [0.4, 0.5) is 0 Å². The molecule has 1 saturated carbocycles. The van der Waals surface area contributed by atoms with Crippen molar-refractivity contribution >= 4 is 57.6 Å². The van der Waals surface area contributed by atoms with Gasteiger partial charge in [-0.05, 0) is 60.2 Å². The highest BCUT2D eigenvalue weighted by atomic mass is 79.9. The molecule has 2 aromatic carbocycles. The van der Waals surface area contributed by atoms with Crippen molar-refractivity contribution in [3.63, 3.8) is 0 Å². The summed E-state index contributed by atoms with van der Waals surface area (Å²) in [6, 6.07) is 12.1. The Labute approximate surface area is 203 Å². The molecule has 1 saturated heterocycles. The average Bonchev–Trinajstić information content (AvgIpc) is 3.48. The molecule has 2 aliphatic carbocycles. The maximum absolute atomic E-state index is 12.8. The van der Waals surface area contributed by atoms with Gasteiger partial charge in [0, 0.05) is 21.1 Å².